The molecule has 1 heterocycles. The van der Waals surface area contributed by atoms with Crippen LogP contribution in [0.5, 0.6) is 5.75 Å². The maximum atomic E-state index is 13.4. The molecule has 2 aromatic carbocycles. The van der Waals surface area contributed by atoms with Crippen molar-refractivity contribution < 1.29 is 27.5 Å². The van der Waals surface area contributed by atoms with Gasteiger partial charge < -0.3 is 10.0 Å². The minimum absolute atomic E-state index is 0.0343. The summed E-state index contributed by atoms with van der Waals surface area (Å²) in [6, 6.07) is 8.96. The maximum Gasteiger partial charge on any atom is 0.417 e. The average molecular weight is 453 g/mol. The molecule has 1 saturated heterocycles. The number of aryl methyl sites for hydroxylation is 1. The number of nitriles is 1. The van der Waals surface area contributed by atoms with Gasteiger partial charge in [0, 0.05) is 17.8 Å². The number of phenolic OH excluding ortho intramolecular Hbond substituents is 1. The molecule has 0 radical (unpaired) electrons. The highest BCUT2D eigenvalue weighted by molar-refractivity contribution is 7.81. The highest BCUT2D eigenvalue weighted by Gasteiger charge is 2.51. The Balaban J connectivity index is 2.09. The first kappa shape index (κ1) is 22.7. The summed E-state index contributed by atoms with van der Waals surface area (Å²) in [5, 5.41) is 18.9. The molecular formula is C21H19F4N3O2S. The Morgan fingerprint density at radius 2 is 1.84 bits per heavy atom. The number of rotatable bonds is 4. The number of halogens is 4. The highest BCUT2D eigenvalue weighted by atomic mass is 32.1. The third-order valence-corrected chi connectivity index (χ3v) is 5.68. The van der Waals surface area contributed by atoms with E-state index in [9.17, 15) is 27.5 Å². The minimum atomic E-state index is -4.77. The first-order valence-electron chi connectivity index (χ1n) is 9.23. The fourth-order valence-electron chi connectivity index (χ4n) is 3.65. The summed E-state index contributed by atoms with van der Waals surface area (Å²) in [7, 11) is 0. The van der Waals surface area contributed by atoms with Crippen molar-refractivity contribution in [3.63, 3.8) is 0 Å². The normalized spacial score (nSPS) is 18.4. The molecular weight excluding hydrogens is 434 g/mol. The second-order valence-electron chi connectivity index (χ2n) is 7.54. The van der Waals surface area contributed by atoms with Gasteiger partial charge in [0.05, 0.1) is 23.9 Å². The number of anilines is 2. The molecule has 1 aliphatic heterocycles. The number of thiol groups is 1. The van der Waals surface area contributed by atoms with Crippen molar-refractivity contribution in [1.82, 2.24) is 0 Å². The summed E-state index contributed by atoms with van der Waals surface area (Å²) >= 11 is 4.49. The van der Waals surface area contributed by atoms with Crippen LogP contribution in [0.3, 0.4) is 0 Å². The summed E-state index contributed by atoms with van der Waals surface area (Å²) in [6.07, 6.45) is -4.81. The van der Waals surface area contributed by atoms with Crippen molar-refractivity contribution in [2.75, 3.05) is 16.5 Å². The summed E-state index contributed by atoms with van der Waals surface area (Å²) in [5.41, 5.74) is -3.17. The van der Waals surface area contributed by atoms with E-state index in [0.717, 1.165) is 17.0 Å². The standard InChI is InChI=1S/C21H19F4N3O2S/c1-20(2)18(30)27(14-4-3-13(11-26)16(10-14)21(23,24)25)19(31)28(20)15-5-6-17(29)12(9-15)7-8-22/h3-6,9-10,19,29,31H,7-8H2,1-2H3. The number of benzene rings is 2. The molecule has 31 heavy (non-hydrogen) atoms. The number of carbonyl (C=O) groups excluding carboxylic acids is 1. The van der Waals surface area contributed by atoms with Crippen LogP contribution in [0.15, 0.2) is 36.4 Å². The van der Waals surface area contributed by atoms with E-state index in [2.05, 4.69) is 12.6 Å². The Hall–Kier alpha value is -2.93. The lowest BCUT2D eigenvalue weighted by Crippen LogP contribution is -2.45. The van der Waals surface area contributed by atoms with Crippen molar-refractivity contribution in [2.24, 2.45) is 0 Å². The monoisotopic (exact) mass is 453 g/mol. The number of phenols is 1. The fourth-order valence-corrected chi connectivity index (χ4v) is 4.31. The summed E-state index contributed by atoms with van der Waals surface area (Å²) < 4.78 is 53.0. The average Bonchev–Trinajstić information content (AvgIpc) is 2.87. The van der Waals surface area contributed by atoms with Crippen LogP contribution in [0.1, 0.15) is 30.5 Å². The van der Waals surface area contributed by atoms with Gasteiger partial charge in [-0.15, -0.1) is 12.6 Å². The van der Waals surface area contributed by atoms with Crippen molar-refractivity contribution >= 4 is 29.9 Å². The van der Waals surface area contributed by atoms with Gasteiger partial charge in [-0.1, -0.05) is 0 Å². The predicted molar refractivity (Wildman–Crippen MR) is 111 cm³/mol. The van der Waals surface area contributed by atoms with Gasteiger partial charge in [0.25, 0.3) is 5.91 Å². The number of carbonyl (C=O) groups is 1. The lowest BCUT2D eigenvalue weighted by atomic mass is 10.0. The Morgan fingerprint density at radius 1 is 1.19 bits per heavy atom. The SMILES string of the molecule is CC1(C)C(=O)N(c2ccc(C#N)c(C(F)(F)F)c2)C(S)N1c1ccc(O)c(CCF)c1. The van der Waals surface area contributed by atoms with E-state index in [1.165, 1.54) is 30.3 Å². The highest BCUT2D eigenvalue weighted by Crippen LogP contribution is 2.43. The molecule has 10 heteroatoms. The van der Waals surface area contributed by atoms with Crippen LogP contribution in [0, 0.1) is 11.3 Å². The molecule has 164 valence electrons. The van der Waals surface area contributed by atoms with Crippen molar-refractivity contribution in [3.05, 3.63) is 53.1 Å². The van der Waals surface area contributed by atoms with Crippen LogP contribution < -0.4 is 9.80 Å². The molecule has 1 unspecified atom stereocenters. The number of hydrogen-bond donors (Lipinski definition) is 2. The molecule has 1 aliphatic rings. The molecule has 1 fully saturated rings. The second-order valence-corrected chi connectivity index (χ2v) is 8.00. The topological polar surface area (TPSA) is 67.6 Å². The van der Waals surface area contributed by atoms with Gasteiger partial charge in [-0.3, -0.25) is 14.1 Å². The van der Waals surface area contributed by atoms with Crippen molar-refractivity contribution in [3.8, 4) is 11.8 Å². The molecule has 5 nitrogen and oxygen atoms in total. The smallest absolute Gasteiger partial charge is 0.417 e. The molecule has 1 atom stereocenters. The lowest BCUT2D eigenvalue weighted by Gasteiger charge is -2.33. The maximum absolute atomic E-state index is 13.4. The summed E-state index contributed by atoms with van der Waals surface area (Å²) in [4.78, 5) is 15.9. The van der Waals surface area contributed by atoms with Gasteiger partial charge in [0.2, 0.25) is 0 Å². The molecule has 1 amide bonds. The number of hydrogen-bond acceptors (Lipinski definition) is 5. The van der Waals surface area contributed by atoms with Crippen LogP contribution in [0.4, 0.5) is 28.9 Å². The second kappa shape index (κ2) is 7.96. The lowest BCUT2D eigenvalue weighted by molar-refractivity contribution is -0.137. The van der Waals surface area contributed by atoms with E-state index < -0.39 is 40.9 Å². The van der Waals surface area contributed by atoms with Crippen molar-refractivity contribution in [2.45, 2.75) is 37.5 Å². The third kappa shape index (κ3) is 3.90. The van der Waals surface area contributed by atoms with E-state index in [-0.39, 0.29) is 17.9 Å². The Labute approximate surface area is 181 Å². The first-order chi connectivity index (χ1) is 14.4. The van der Waals surface area contributed by atoms with Gasteiger partial charge in [-0.05, 0) is 55.8 Å². The molecule has 0 bridgehead atoms. The summed E-state index contributed by atoms with van der Waals surface area (Å²) in [5.74, 6) is -0.607. The molecule has 1 N–H and O–H groups in total. The van der Waals surface area contributed by atoms with Crippen LogP contribution in [0.25, 0.3) is 0 Å². The molecule has 0 saturated carbocycles. The van der Waals surface area contributed by atoms with Gasteiger partial charge in [0.15, 0.2) is 5.50 Å². The van der Waals surface area contributed by atoms with E-state index in [0.29, 0.717) is 11.3 Å². The van der Waals surface area contributed by atoms with Crippen molar-refractivity contribution in [1.29, 1.82) is 5.26 Å². The van der Waals surface area contributed by atoms with Gasteiger partial charge in [0.1, 0.15) is 11.3 Å². The summed E-state index contributed by atoms with van der Waals surface area (Å²) in [6.45, 7) is 2.49. The number of alkyl halides is 4. The molecule has 0 spiro atoms. The molecule has 2 aromatic rings. The third-order valence-electron chi connectivity index (χ3n) is 5.22. The van der Waals surface area contributed by atoms with E-state index >= 15 is 0 Å². The van der Waals surface area contributed by atoms with Crippen LogP contribution >= 0.6 is 12.6 Å². The zero-order valence-corrected chi connectivity index (χ0v) is 17.5. The van der Waals surface area contributed by atoms with Gasteiger partial charge in [-0.25, -0.2) is 0 Å². The van der Waals surface area contributed by atoms with E-state index in [4.69, 9.17) is 5.26 Å². The fraction of sp³-hybridized carbons (Fsp3) is 0.333. The first-order valence-corrected chi connectivity index (χ1v) is 9.75. The van der Waals surface area contributed by atoms with Crippen LogP contribution in [-0.2, 0) is 17.4 Å². The number of aromatic hydroxyl groups is 1. The Bertz CT molecular complexity index is 1070. The van der Waals surface area contributed by atoms with Gasteiger partial charge in [-0.2, -0.15) is 18.4 Å². The zero-order chi connectivity index (χ0) is 23.1. The quantitative estimate of drug-likeness (QED) is 0.523. The Kier molecular flexibility index (Phi) is 5.84. The zero-order valence-electron chi connectivity index (χ0n) is 16.6. The van der Waals surface area contributed by atoms with Crippen LogP contribution in [-0.4, -0.2) is 28.7 Å². The molecule has 3 rings (SSSR count). The number of amides is 1. The molecule has 0 aliphatic carbocycles. The predicted octanol–water partition coefficient (Wildman–Crippen LogP) is 4.64. The van der Waals surface area contributed by atoms with E-state index in [1.807, 2.05) is 0 Å². The van der Waals surface area contributed by atoms with E-state index in [1.54, 1.807) is 18.7 Å². The molecule has 0 aromatic heterocycles. The van der Waals surface area contributed by atoms with Crippen LogP contribution in [0.2, 0.25) is 0 Å². The Morgan fingerprint density at radius 3 is 2.42 bits per heavy atom. The largest absolute Gasteiger partial charge is 0.508 e. The van der Waals surface area contributed by atoms with Gasteiger partial charge >= 0.3 is 6.18 Å². The number of nitrogens with zero attached hydrogens (tertiary/aromatic N) is 3. The minimum Gasteiger partial charge on any atom is -0.508 e.